The first kappa shape index (κ1) is 13.9. The number of nitrogens with zero attached hydrogens (tertiary/aromatic N) is 2. The SMILES string of the molecule is CC(=O)c1ccc(/C=N/[S@@+]([O-])C(C)(C)C)nc1. The van der Waals surface area contributed by atoms with Crippen LogP contribution in [0.25, 0.3) is 0 Å². The maximum atomic E-state index is 11.6. The van der Waals surface area contributed by atoms with E-state index in [0.717, 1.165) is 0 Å². The van der Waals surface area contributed by atoms with Gasteiger partial charge in [-0.1, -0.05) is 4.40 Å². The summed E-state index contributed by atoms with van der Waals surface area (Å²) in [5.41, 5.74) is 1.15. The van der Waals surface area contributed by atoms with Gasteiger partial charge in [0.15, 0.2) is 5.78 Å². The Morgan fingerprint density at radius 2 is 2.12 bits per heavy atom. The van der Waals surface area contributed by atoms with E-state index in [4.69, 9.17) is 0 Å². The predicted octanol–water partition coefficient (Wildman–Crippen LogP) is 2.17. The van der Waals surface area contributed by atoms with Crippen molar-refractivity contribution >= 4 is 23.4 Å². The van der Waals surface area contributed by atoms with E-state index in [2.05, 4.69) is 9.38 Å². The molecule has 4 nitrogen and oxygen atoms in total. The molecule has 0 aliphatic rings. The minimum absolute atomic E-state index is 0.0285. The molecule has 0 saturated heterocycles. The van der Waals surface area contributed by atoms with Crippen LogP contribution in [0.5, 0.6) is 0 Å². The van der Waals surface area contributed by atoms with Crippen LogP contribution in [0.1, 0.15) is 43.7 Å². The Balaban J connectivity index is 2.76. The minimum Gasteiger partial charge on any atom is -0.591 e. The highest BCUT2D eigenvalue weighted by Crippen LogP contribution is 2.16. The monoisotopic (exact) mass is 252 g/mol. The summed E-state index contributed by atoms with van der Waals surface area (Å²) in [5, 5.41) is 0. The van der Waals surface area contributed by atoms with Crippen molar-refractivity contribution in [2.45, 2.75) is 32.4 Å². The lowest BCUT2D eigenvalue weighted by atomic mass is 10.2. The molecule has 0 fully saturated rings. The van der Waals surface area contributed by atoms with Crippen molar-refractivity contribution in [3.63, 3.8) is 0 Å². The molecule has 0 N–H and O–H groups in total. The van der Waals surface area contributed by atoms with Crippen LogP contribution in [0, 0.1) is 0 Å². The maximum absolute atomic E-state index is 11.6. The molecule has 1 aromatic rings. The third kappa shape index (κ3) is 4.28. The molecule has 5 heteroatoms. The number of aromatic nitrogens is 1. The van der Waals surface area contributed by atoms with Gasteiger partial charge in [0.25, 0.3) is 0 Å². The molecule has 1 aromatic heterocycles. The molecule has 92 valence electrons. The number of pyridine rings is 1. The van der Waals surface area contributed by atoms with Crippen molar-refractivity contribution < 1.29 is 9.35 Å². The van der Waals surface area contributed by atoms with Gasteiger partial charge < -0.3 is 4.55 Å². The van der Waals surface area contributed by atoms with Gasteiger partial charge in [0.1, 0.15) is 22.3 Å². The zero-order valence-electron chi connectivity index (χ0n) is 10.4. The Labute approximate surface area is 104 Å². The Hall–Kier alpha value is -1.20. The molecule has 0 amide bonds. The van der Waals surface area contributed by atoms with Crippen molar-refractivity contribution in [3.05, 3.63) is 29.6 Å². The lowest BCUT2D eigenvalue weighted by molar-refractivity contribution is 0.101. The Morgan fingerprint density at radius 3 is 2.53 bits per heavy atom. The quantitative estimate of drug-likeness (QED) is 0.470. The number of Topliss-reactive ketones (excluding diaryl/α,β-unsaturated/α-hetero) is 1. The van der Waals surface area contributed by atoms with Crippen LogP contribution >= 0.6 is 0 Å². The van der Waals surface area contributed by atoms with Crippen LogP contribution in [0.15, 0.2) is 22.7 Å². The molecule has 1 atom stereocenters. The standard InChI is InChI=1S/C12H16N2O2S/c1-9(15)10-5-6-11(13-7-10)8-14-17(16)12(2,3)4/h5-8H,1-4H3/b14-8+/t17-/m0/s1. The number of hydrogen-bond donors (Lipinski definition) is 0. The van der Waals surface area contributed by atoms with Crippen LogP contribution in [-0.4, -0.2) is 26.3 Å². The number of hydrogen-bond acceptors (Lipinski definition) is 4. The average molecular weight is 252 g/mol. The summed E-state index contributed by atoms with van der Waals surface area (Å²) in [5.74, 6) is -0.0285. The lowest BCUT2D eigenvalue weighted by Crippen LogP contribution is -2.25. The second-order valence-electron chi connectivity index (χ2n) is 4.62. The fourth-order valence-electron chi connectivity index (χ4n) is 0.950. The van der Waals surface area contributed by atoms with Crippen molar-refractivity contribution in [2.75, 3.05) is 0 Å². The first-order chi connectivity index (χ1) is 7.80. The van der Waals surface area contributed by atoms with Gasteiger partial charge in [0, 0.05) is 11.8 Å². The molecule has 0 aliphatic carbocycles. The van der Waals surface area contributed by atoms with E-state index >= 15 is 0 Å². The van der Waals surface area contributed by atoms with E-state index in [0.29, 0.717) is 11.3 Å². The second kappa shape index (κ2) is 5.42. The Kier molecular flexibility index (Phi) is 4.42. The highest BCUT2D eigenvalue weighted by Gasteiger charge is 2.25. The molecule has 0 radical (unpaired) electrons. The van der Waals surface area contributed by atoms with Gasteiger partial charge in [-0.2, -0.15) is 0 Å². The highest BCUT2D eigenvalue weighted by molar-refractivity contribution is 7.91. The molecule has 0 aromatic carbocycles. The largest absolute Gasteiger partial charge is 0.591 e. The topological polar surface area (TPSA) is 65.4 Å². The highest BCUT2D eigenvalue weighted by atomic mass is 32.2. The van der Waals surface area contributed by atoms with Crippen molar-refractivity contribution in [1.82, 2.24) is 4.98 Å². The van der Waals surface area contributed by atoms with Crippen LogP contribution < -0.4 is 0 Å². The van der Waals surface area contributed by atoms with Gasteiger partial charge in [-0.15, -0.1) is 0 Å². The van der Waals surface area contributed by atoms with E-state index in [9.17, 15) is 9.35 Å². The van der Waals surface area contributed by atoms with Crippen molar-refractivity contribution in [2.24, 2.45) is 4.40 Å². The number of carbonyl (C=O) groups is 1. The minimum atomic E-state index is -1.29. The molecule has 0 saturated carbocycles. The van der Waals surface area contributed by atoms with Gasteiger partial charge in [0.2, 0.25) is 0 Å². The second-order valence-corrected chi connectivity index (χ2v) is 6.56. The molecular formula is C12H16N2O2S. The summed E-state index contributed by atoms with van der Waals surface area (Å²) in [7, 11) is 0. The fourth-order valence-corrected chi connectivity index (χ4v) is 1.47. The summed E-state index contributed by atoms with van der Waals surface area (Å²) in [6.45, 7) is 7.05. The summed E-state index contributed by atoms with van der Waals surface area (Å²) in [4.78, 5) is 15.1. The molecule has 1 heterocycles. The Morgan fingerprint density at radius 1 is 1.47 bits per heavy atom. The smallest absolute Gasteiger partial charge is 0.161 e. The van der Waals surface area contributed by atoms with Gasteiger partial charge in [-0.25, -0.2) is 0 Å². The van der Waals surface area contributed by atoms with Gasteiger partial charge in [-0.05, 0) is 39.8 Å². The van der Waals surface area contributed by atoms with E-state index in [1.165, 1.54) is 19.3 Å². The lowest BCUT2D eigenvalue weighted by Gasteiger charge is -2.17. The zero-order chi connectivity index (χ0) is 13.1. The molecule has 0 unspecified atom stereocenters. The number of carbonyl (C=O) groups excluding carboxylic acids is 1. The van der Waals surface area contributed by atoms with E-state index in [1.807, 2.05) is 20.8 Å². The average Bonchev–Trinajstić information content (AvgIpc) is 2.25. The predicted molar refractivity (Wildman–Crippen MR) is 69.7 cm³/mol. The van der Waals surface area contributed by atoms with E-state index in [1.54, 1.807) is 12.1 Å². The maximum Gasteiger partial charge on any atom is 0.161 e. The van der Waals surface area contributed by atoms with Crippen molar-refractivity contribution in [3.8, 4) is 0 Å². The van der Waals surface area contributed by atoms with Crippen LogP contribution in [-0.2, 0) is 11.4 Å². The number of rotatable bonds is 3. The summed E-state index contributed by atoms with van der Waals surface area (Å²) in [6.07, 6.45) is 2.95. The van der Waals surface area contributed by atoms with Gasteiger partial charge >= 0.3 is 0 Å². The molecule has 1 rings (SSSR count). The summed E-state index contributed by atoms with van der Waals surface area (Å²) < 4.78 is 15.2. The van der Waals surface area contributed by atoms with E-state index < -0.39 is 11.4 Å². The van der Waals surface area contributed by atoms with Gasteiger partial charge in [-0.3, -0.25) is 9.78 Å². The molecule has 0 bridgehead atoms. The summed E-state index contributed by atoms with van der Waals surface area (Å²) in [6, 6.07) is 3.36. The fraction of sp³-hybridized carbons (Fsp3) is 0.417. The van der Waals surface area contributed by atoms with E-state index in [-0.39, 0.29) is 10.5 Å². The molecule has 0 aliphatic heterocycles. The molecule has 17 heavy (non-hydrogen) atoms. The normalized spacial score (nSPS) is 13.9. The third-order valence-corrected chi connectivity index (χ3v) is 3.34. The first-order valence-electron chi connectivity index (χ1n) is 5.24. The molecular weight excluding hydrogens is 236 g/mol. The van der Waals surface area contributed by atoms with Crippen LogP contribution in [0.4, 0.5) is 0 Å². The van der Waals surface area contributed by atoms with Crippen LogP contribution in [0.3, 0.4) is 0 Å². The van der Waals surface area contributed by atoms with Crippen LogP contribution in [0.2, 0.25) is 0 Å². The zero-order valence-corrected chi connectivity index (χ0v) is 11.2. The third-order valence-electron chi connectivity index (χ3n) is 2.00. The summed E-state index contributed by atoms with van der Waals surface area (Å²) >= 11 is -1.29. The number of ketones is 1. The Bertz CT molecular complexity index is 421. The molecule has 0 spiro atoms. The first-order valence-corrected chi connectivity index (χ1v) is 6.34. The van der Waals surface area contributed by atoms with Gasteiger partial charge in [0.05, 0.1) is 5.69 Å². The van der Waals surface area contributed by atoms with Crippen molar-refractivity contribution in [1.29, 1.82) is 0 Å².